The van der Waals surface area contributed by atoms with Gasteiger partial charge in [0.15, 0.2) is 0 Å². The first kappa shape index (κ1) is 23.5. The summed E-state index contributed by atoms with van der Waals surface area (Å²) in [4.78, 5) is 41.8. The molecule has 0 unspecified atom stereocenters. The van der Waals surface area contributed by atoms with Crippen LogP contribution in [0.15, 0.2) is 29.2 Å². The van der Waals surface area contributed by atoms with Gasteiger partial charge in [-0.2, -0.15) is 0 Å². The molecule has 1 aromatic rings. The molecule has 31 heavy (non-hydrogen) atoms. The summed E-state index contributed by atoms with van der Waals surface area (Å²) in [5, 5.41) is 0. The number of hydrogen-bond donors (Lipinski definition) is 0. The van der Waals surface area contributed by atoms with Crippen molar-refractivity contribution in [2.75, 3.05) is 18.0 Å². The van der Waals surface area contributed by atoms with Crippen LogP contribution in [0, 0.1) is 0 Å². The van der Waals surface area contributed by atoms with Gasteiger partial charge in [-0.15, -0.1) is 0 Å². The number of unbranched alkanes of at least 4 members (excludes halogenated alkanes) is 4. The molecule has 3 rings (SSSR count). The van der Waals surface area contributed by atoms with E-state index in [2.05, 4.69) is 6.92 Å². The lowest BCUT2D eigenvalue weighted by atomic mass is 10.1. The number of fused-ring (bicyclic) bond motifs is 1. The van der Waals surface area contributed by atoms with Gasteiger partial charge in [0.2, 0.25) is 0 Å². The highest BCUT2D eigenvalue weighted by Gasteiger charge is 2.42. The Morgan fingerprint density at radius 1 is 1.06 bits per heavy atom. The molecular weight excluding hydrogens is 432 g/mol. The summed E-state index contributed by atoms with van der Waals surface area (Å²) in [6.07, 6.45) is 5.21. The van der Waals surface area contributed by atoms with E-state index in [1.54, 1.807) is 18.7 Å². The number of benzene rings is 1. The average molecular weight is 461 g/mol. The van der Waals surface area contributed by atoms with Crippen molar-refractivity contribution in [1.82, 2.24) is 4.90 Å². The molecule has 2 amide bonds. The minimum atomic E-state index is -0.524. The second kappa shape index (κ2) is 10.4. The van der Waals surface area contributed by atoms with Crippen molar-refractivity contribution in [2.45, 2.75) is 59.0 Å². The number of esters is 1. The Morgan fingerprint density at radius 2 is 1.77 bits per heavy atom. The molecule has 0 saturated carbocycles. The van der Waals surface area contributed by atoms with Gasteiger partial charge in [0.1, 0.15) is 10.9 Å². The highest BCUT2D eigenvalue weighted by Crippen LogP contribution is 2.44. The molecular formula is C23H28N2O4S2. The Bertz CT molecular complexity index is 926. The number of thioether (sulfide) groups is 1. The van der Waals surface area contributed by atoms with Crippen LogP contribution < -0.4 is 4.90 Å². The lowest BCUT2D eigenvalue weighted by molar-refractivity contribution is -0.149. The lowest BCUT2D eigenvalue weighted by Crippen LogP contribution is -2.35. The number of nitrogens with zero attached hydrogens (tertiary/aromatic N) is 2. The van der Waals surface area contributed by atoms with Crippen LogP contribution >= 0.6 is 24.0 Å². The number of carbonyl (C=O) groups is 3. The quantitative estimate of drug-likeness (QED) is 0.234. The van der Waals surface area contributed by atoms with Crippen molar-refractivity contribution in [2.24, 2.45) is 0 Å². The Morgan fingerprint density at radius 3 is 2.48 bits per heavy atom. The molecule has 2 aliphatic heterocycles. The van der Waals surface area contributed by atoms with Crippen LogP contribution in [0.3, 0.4) is 0 Å². The fourth-order valence-electron chi connectivity index (χ4n) is 3.71. The van der Waals surface area contributed by atoms with E-state index < -0.39 is 11.9 Å². The molecule has 1 saturated heterocycles. The number of amides is 2. The van der Waals surface area contributed by atoms with Crippen molar-refractivity contribution < 1.29 is 19.1 Å². The number of carbonyl (C=O) groups excluding carboxylic acids is 3. The van der Waals surface area contributed by atoms with E-state index in [1.165, 1.54) is 17.7 Å². The zero-order chi connectivity index (χ0) is 22.5. The van der Waals surface area contributed by atoms with E-state index in [9.17, 15) is 14.4 Å². The van der Waals surface area contributed by atoms with E-state index >= 15 is 0 Å². The molecule has 1 aromatic carbocycles. The van der Waals surface area contributed by atoms with Crippen LogP contribution in [0.5, 0.6) is 0 Å². The molecule has 2 heterocycles. The van der Waals surface area contributed by atoms with Gasteiger partial charge >= 0.3 is 5.97 Å². The SMILES string of the molecule is CCCCCCCN1C(=O)C(=C2SC(=S)N(CC(=O)OC(C)C)C2=O)c2ccccc21. The molecule has 0 radical (unpaired) electrons. The van der Waals surface area contributed by atoms with Crippen molar-refractivity contribution in [3.05, 3.63) is 34.7 Å². The summed E-state index contributed by atoms with van der Waals surface area (Å²) >= 11 is 6.42. The third kappa shape index (κ3) is 5.18. The normalized spacial score (nSPS) is 18.4. The van der Waals surface area contributed by atoms with Crippen LogP contribution in [-0.4, -0.2) is 46.2 Å². The molecule has 166 valence electrons. The molecule has 0 aromatic heterocycles. The van der Waals surface area contributed by atoms with Crippen molar-refractivity contribution in [3.8, 4) is 0 Å². The monoisotopic (exact) mass is 460 g/mol. The van der Waals surface area contributed by atoms with Gasteiger partial charge < -0.3 is 9.64 Å². The van der Waals surface area contributed by atoms with E-state index in [0.29, 0.717) is 12.1 Å². The summed E-state index contributed by atoms with van der Waals surface area (Å²) < 4.78 is 5.40. The van der Waals surface area contributed by atoms with Crippen LogP contribution in [0.1, 0.15) is 58.4 Å². The molecule has 0 bridgehead atoms. The maximum absolute atomic E-state index is 13.3. The Kier molecular flexibility index (Phi) is 7.89. The zero-order valence-corrected chi connectivity index (χ0v) is 19.8. The molecule has 0 aliphatic carbocycles. The lowest BCUT2D eigenvalue weighted by Gasteiger charge is -2.17. The molecule has 0 atom stereocenters. The third-order valence-electron chi connectivity index (χ3n) is 5.14. The summed E-state index contributed by atoms with van der Waals surface area (Å²) in [6.45, 7) is 6.02. The van der Waals surface area contributed by atoms with Crippen LogP contribution in [0.2, 0.25) is 0 Å². The van der Waals surface area contributed by atoms with Crippen molar-refractivity contribution in [1.29, 1.82) is 0 Å². The second-order valence-electron chi connectivity index (χ2n) is 7.89. The zero-order valence-electron chi connectivity index (χ0n) is 18.2. The minimum Gasteiger partial charge on any atom is -0.462 e. The first-order chi connectivity index (χ1) is 14.8. The van der Waals surface area contributed by atoms with E-state index in [-0.39, 0.29) is 27.8 Å². The predicted octanol–water partition coefficient (Wildman–Crippen LogP) is 4.53. The summed E-state index contributed by atoms with van der Waals surface area (Å²) in [6, 6.07) is 7.52. The first-order valence-corrected chi connectivity index (χ1v) is 12.0. The highest BCUT2D eigenvalue weighted by atomic mass is 32.2. The molecule has 8 heteroatoms. The van der Waals surface area contributed by atoms with Gasteiger partial charge in [0, 0.05) is 12.1 Å². The van der Waals surface area contributed by atoms with Crippen LogP contribution in [0.25, 0.3) is 5.57 Å². The van der Waals surface area contributed by atoms with Crippen molar-refractivity contribution in [3.63, 3.8) is 0 Å². The number of anilines is 1. The number of para-hydroxylation sites is 1. The fraction of sp³-hybridized carbons (Fsp3) is 0.478. The van der Waals surface area contributed by atoms with Gasteiger partial charge in [-0.05, 0) is 26.3 Å². The van der Waals surface area contributed by atoms with Crippen LogP contribution in [-0.2, 0) is 19.1 Å². The number of hydrogen-bond acceptors (Lipinski definition) is 6. The van der Waals surface area contributed by atoms with Gasteiger partial charge in [0.05, 0.1) is 22.3 Å². The van der Waals surface area contributed by atoms with E-state index in [0.717, 1.165) is 42.3 Å². The van der Waals surface area contributed by atoms with Crippen LogP contribution in [0.4, 0.5) is 5.69 Å². The smallest absolute Gasteiger partial charge is 0.326 e. The molecule has 0 N–H and O–H groups in total. The minimum absolute atomic E-state index is 0.179. The largest absolute Gasteiger partial charge is 0.462 e. The first-order valence-electron chi connectivity index (χ1n) is 10.7. The second-order valence-corrected chi connectivity index (χ2v) is 9.53. The van der Waals surface area contributed by atoms with E-state index in [1.807, 2.05) is 24.3 Å². The van der Waals surface area contributed by atoms with E-state index in [4.69, 9.17) is 17.0 Å². The van der Waals surface area contributed by atoms with Crippen molar-refractivity contribution >= 4 is 57.3 Å². The van der Waals surface area contributed by atoms with Gasteiger partial charge in [-0.3, -0.25) is 19.3 Å². The highest BCUT2D eigenvalue weighted by molar-refractivity contribution is 8.26. The summed E-state index contributed by atoms with van der Waals surface area (Å²) in [5.74, 6) is -1.12. The maximum Gasteiger partial charge on any atom is 0.326 e. The Balaban J connectivity index is 1.84. The van der Waals surface area contributed by atoms with Gasteiger partial charge in [0.25, 0.3) is 11.8 Å². The summed E-state index contributed by atoms with van der Waals surface area (Å²) in [5.41, 5.74) is 1.94. The number of rotatable bonds is 9. The molecule has 0 spiro atoms. The number of thiocarbonyl (C=S) groups is 1. The molecule has 2 aliphatic rings. The van der Waals surface area contributed by atoms with Gasteiger partial charge in [-0.25, -0.2) is 0 Å². The average Bonchev–Trinajstić information content (AvgIpc) is 3.15. The third-order valence-corrected chi connectivity index (χ3v) is 6.59. The standard InChI is InChI=1S/C23H28N2O4S2/c1-4-5-6-7-10-13-24-17-12-9-8-11-16(17)19(21(24)27)20-22(28)25(23(30)31-20)14-18(26)29-15(2)3/h8-9,11-12,15H,4-7,10,13-14H2,1-3H3. The topological polar surface area (TPSA) is 66.9 Å². The predicted molar refractivity (Wildman–Crippen MR) is 128 cm³/mol. The molecule has 6 nitrogen and oxygen atoms in total. The van der Waals surface area contributed by atoms with Gasteiger partial charge in [-0.1, -0.05) is 74.8 Å². The Labute approximate surface area is 193 Å². The maximum atomic E-state index is 13.3. The Hall–Kier alpha value is -2.19. The summed E-state index contributed by atoms with van der Waals surface area (Å²) in [7, 11) is 0. The number of ether oxygens (including phenoxy) is 1. The fourth-order valence-corrected chi connectivity index (χ4v) is 5.04. The molecule has 1 fully saturated rings.